The van der Waals surface area contributed by atoms with E-state index in [-0.39, 0.29) is 5.41 Å². The van der Waals surface area contributed by atoms with Gasteiger partial charge in [0.05, 0.1) is 16.0 Å². The van der Waals surface area contributed by atoms with Crippen molar-refractivity contribution in [3.63, 3.8) is 0 Å². The minimum atomic E-state index is -0.118. The molecular weight excluding hydrogens is 242 g/mol. The zero-order valence-electron chi connectivity index (χ0n) is 11.1. The van der Waals surface area contributed by atoms with Crippen molar-refractivity contribution in [1.29, 1.82) is 0 Å². The normalized spacial score (nSPS) is 11.9. The van der Waals surface area contributed by atoms with Crippen molar-refractivity contribution in [2.24, 2.45) is 11.1 Å². The van der Waals surface area contributed by atoms with Gasteiger partial charge in [0.2, 0.25) is 0 Å². The molecule has 1 aromatic heterocycles. The molecule has 0 aliphatic carbocycles. The van der Waals surface area contributed by atoms with Crippen LogP contribution in [0, 0.1) is 12.3 Å². The van der Waals surface area contributed by atoms with Crippen LogP contribution in [-0.4, -0.2) is 14.5 Å². The summed E-state index contributed by atoms with van der Waals surface area (Å²) in [6.07, 6.45) is 0.920. The van der Waals surface area contributed by atoms with E-state index in [1.165, 1.54) is 5.52 Å². The van der Waals surface area contributed by atoms with Crippen molar-refractivity contribution < 1.29 is 0 Å². The van der Waals surface area contributed by atoms with Crippen LogP contribution in [0.1, 0.15) is 26.1 Å². The second-order valence-electron chi connectivity index (χ2n) is 5.30. The van der Waals surface area contributed by atoms with Gasteiger partial charge < -0.3 is 10.3 Å². The van der Waals surface area contributed by atoms with Crippen molar-refractivity contribution in [3.05, 3.63) is 30.1 Å². The van der Waals surface area contributed by atoms with Gasteiger partial charge in [-0.25, -0.2) is 4.98 Å². The summed E-state index contributed by atoms with van der Waals surface area (Å²) in [5, 5.41) is 0. The lowest BCUT2D eigenvalue weighted by Gasteiger charge is -2.23. The Bertz CT molecular complexity index is 584. The topological polar surface area (TPSA) is 43.8 Å². The van der Waals surface area contributed by atoms with Crippen LogP contribution in [0.4, 0.5) is 0 Å². The molecule has 0 aliphatic heterocycles. The van der Waals surface area contributed by atoms with Crippen LogP contribution < -0.4 is 5.73 Å². The molecule has 0 bridgehead atoms. The summed E-state index contributed by atoms with van der Waals surface area (Å²) in [6.45, 7) is 7.10. The van der Waals surface area contributed by atoms with E-state index in [1.807, 2.05) is 25.1 Å². The molecule has 0 radical (unpaired) electrons. The van der Waals surface area contributed by atoms with Gasteiger partial charge in [-0.3, -0.25) is 0 Å². The Morgan fingerprint density at radius 3 is 2.72 bits per heavy atom. The molecule has 0 unspecified atom stereocenters. The lowest BCUT2D eigenvalue weighted by molar-refractivity contribution is 0.436. The van der Waals surface area contributed by atoms with Gasteiger partial charge >= 0.3 is 0 Å². The van der Waals surface area contributed by atoms with E-state index < -0.39 is 0 Å². The van der Waals surface area contributed by atoms with E-state index in [2.05, 4.69) is 29.5 Å². The maximum atomic E-state index is 5.77. The van der Waals surface area contributed by atoms with E-state index >= 15 is 0 Å². The Morgan fingerprint density at radius 2 is 2.06 bits per heavy atom. The highest BCUT2D eigenvalue weighted by molar-refractivity contribution is 7.80. The molecule has 0 amide bonds. The van der Waals surface area contributed by atoms with E-state index in [4.69, 9.17) is 18.0 Å². The molecule has 1 heterocycles. The largest absolute Gasteiger partial charge is 0.393 e. The summed E-state index contributed by atoms with van der Waals surface area (Å²) >= 11 is 5.11. The Kier molecular flexibility index (Phi) is 3.39. The van der Waals surface area contributed by atoms with Gasteiger partial charge in [-0.1, -0.05) is 38.2 Å². The van der Waals surface area contributed by atoms with E-state index in [1.54, 1.807) is 0 Å². The lowest BCUT2D eigenvalue weighted by Crippen LogP contribution is -2.30. The molecule has 0 atom stereocenters. The number of nitrogens with two attached hydrogens (primary N) is 1. The number of rotatable bonds is 4. The minimum Gasteiger partial charge on any atom is -0.393 e. The van der Waals surface area contributed by atoms with E-state index in [0.717, 1.165) is 24.3 Å². The van der Waals surface area contributed by atoms with Crippen LogP contribution in [0.5, 0.6) is 0 Å². The molecule has 1 aromatic carbocycles. The van der Waals surface area contributed by atoms with Crippen LogP contribution in [0.25, 0.3) is 11.0 Å². The maximum absolute atomic E-state index is 5.77. The van der Waals surface area contributed by atoms with Crippen LogP contribution >= 0.6 is 12.2 Å². The van der Waals surface area contributed by atoms with Gasteiger partial charge in [0, 0.05) is 12.0 Å². The number of nitrogens with zero attached hydrogens (tertiary/aromatic N) is 2. The molecule has 0 saturated heterocycles. The summed E-state index contributed by atoms with van der Waals surface area (Å²) in [4.78, 5) is 5.13. The molecule has 0 aliphatic rings. The van der Waals surface area contributed by atoms with Gasteiger partial charge in [-0.2, -0.15) is 0 Å². The molecule has 18 heavy (non-hydrogen) atoms. The third-order valence-corrected chi connectivity index (χ3v) is 4.03. The van der Waals surface area contributed by atoms with Gasteiger partial charge in [0.1, 0.15) is 5.82 Å². The molecule has 96 valence electrons. The number of imidazole rings is 1. The van der Waals surface area contributed by atoms with Crippen LogP contribution in [0.3, 0.4) is 0 Å². The predicted molar refractivity (Wildman–Crippen MR) is 79.7 cm³/mol. The van der Waals surface area contributed by atoms with Crippen LogP contribution in [0.2, 0.25) is 0 Å². The average Bonchev–Trinajstić information content (AvgIpc) is 2.62. The quantitative estimate of drug-likeness (QED) is 0.860. The highest BCUT2D eigenvalue weighted by Crippen LogP contribution is 2.24. The zero-order chi connectivity index (χ0) is 13.3. The van der Waals surface area contributed by atoms with Gasteiger partial charge in [0.25, 0.3) is 0 Å². The van der Waals surface area contributed by atoms with Gasteiger partial charge in [-0.05, 0) is 25.5 Å². The molecule has 0 spiro atoms. The zero-order valence-corrected chi connectivity index (χ0v) is 11.9. The second kappa shape index (κ2) is 4.69. The Balaban J connectivity index is 2.27. The number of aryl methyl sites for hydroxylation is 2. The first-order chi connectivity index (χ1) is 8.42. The number of fused-ring (bicyclic) bond motifs is 1. The van der Waals surface area contributed by atoms with Gasteiger partial charge in [0.15, 0.2) is 0 Å². The molecule has 3 nitrogen and oxygen atoms in total. The van der Waals surface area contributed by atoms with Crippen molar-refractivity contribution >= 4 is 28.2 Å². The smallest absolute Gasteiger partial charge is 0.106 e. The number of benzene rings is 1. The molecule has 2 rings (SSSR count). The lowest BCUT2D eigenvalue weighted by atomic mass is 9.89. The van der Waals surface area contributed by atoms with Crippen LogP contribution in [0.15, 0.2) is 24.3 Å². The molecule has 4 heteroatoms. The molecule has 2 aromatic rings. The fourth-order valence-electron chi connectivity index (χ4n) is 1.99. The van der Waals surface area contributed by atoms with E-state index in [0.29, 0.717) is 4.99 Å². The second-order valence-corrected chi connectivity index (χ2v) is 5.74. The fourth-order valence-corrected chi connectivity index (χ4v) is 2.09. The fraction of sp³-hybridized carbons (Fsp3) is 0.429. The highest BCUT2D eigenvalue weighted by atomic mass is 32.1. The monoisotopic (exact) mass is 261 g/mol. The number of para-hydroxylation sites is 2. The first kappa shape index (κ1) is 13.0. The molecule has 0 saturated carbocycles. The standard InChI is InChI=1S/C14H19N3S/c1-10-16-11-6-4-5-7-12(11)17(10)9-8-14(2,3)13(15)18/h4-7H,8-9H2,1-3H3,(H2,15,18). The third kappa shape index (κ3) is 2.38. The summed E-state index contributed by atoms with van der Waals surface area (Å²) in [5.74, 6) is 1.04. The summed E-state index contributed by atoms with van der Waals surface area (Å²) in [6, 6.07) is 8.19. The Hall–Kier alpha value is -1.42. The van der Waals surface area contributed by atoms with Crippen molar-refractivity contribution in [2.75, 3.05) is 0 Å². The minimum absolute atomic E-state index is 0.118. The summed E-state index contributed by atoms with van der Waals surface area (Å²) in [7, 11) is 0. The van der Waals surface area contributed by atoms with Gasteiger partial charge in [-0.15, -0.1) is 0 Å². The Morgan fingerprint density at radius 1 is 1.39 bits per heavy atom. The first-order valence-electron chi connectivity index (χ1n) is 6.13. The number of thiocarbonyl (C=S) groups is 1. The van der Waals surface area contributed by atoms with Crippen molar-refractivity contribution in [2.45, 2.75) is 33.7 Å². The third-order valence-electron chi connectivity index (χ3n) is 3.47. The number of hydrogen-bond acceptors (Lipinski definition) is 2. The number of hydrogen-bond donors (Lipinski definition) is 1. The predicted octanol–water partition coefficient (Wildman–Crippen LogP) is 3.05. The Labute approximate surface area is 113 Å². The average molecular weight is 261 g/mol. The molecule has 2 N–H and O–H groups in total. The van der Waals surface area contributed by atoms with E-state index in [9.17, 15) is 0 Å². The SMILES string of the molecule is Cc1nc2ccccc2n1CCC(C)(C)C(N)=S. The summed E-state index contributed by atoms with van der Waals surface area (Å²) in [5.41, 5.74) is 7.87. The highest BCUT2D eigenvalue weighted by Gasteiger charge is 2.21. The number of aromatic nitrogens is 2. The van der Waals surface area contributed by atoms with Crippen molar-refractivity contribution in [1.82, 2.24) is 9.55 Å². The van der Waals surface area contributed by atoms with Crippen LogP contribution in [-0.2, 0) is 6.54 Å². The van der Waals surface area contributed by atoms with Crippen molar-refractivity contribution in [3.8, 4) is 0 Å². The molecular formula is C14H19N3S. The first-order valence-corrected chi connectivity index (χ1v) is 6.54. The maximum Gasteiger partial charge on any atom is 0.106 e. The summed E-state index contributed by atoms with van der Waals surface area (Å²) < 4.78 is 2.23. The molecule has 0 fully saturated rings.